The maximum absolute atomic E-state index is 11.7. The van der Waals surface area contributed by atoms with Crippen molar-refractivity contribution in [1.29, 1.82) is 0 Å². The van der Waals surface area contributed by atoms with E-state index in [1.165, 1.54) is 11.3 Å². The van der Waals surface area contributed by atoms with Crippen molar-refractivity contribution < 1.29 is 9.90 Å². The highest BCUT2D eigenvalue weighted by Gasteiger charge is 2.08. The zero-order valence-corrected chi connectivity index (χ0v) is 11.8. The number of hydrogen-bond acceptors (Lipinski definition) is 4. The van der Waals surface area contributed by atoms with Crippen molar-refractivity contribution in [2.24, 2.45) is 0 Å². The van der Waals surface area contributed by atoms with Crippen LogP contribution in [0.2, 0.25) is 0 Å². The molecule has 2 aromatic rings. The lowest BCUT2D eigenvalue weighted by atomic mass is 10.1. The second kappa shape index (κ2) is 5.97. The van der Waals surface area contributed by atoms with Crippen LogP contribution in [0.1, 0.15) is 16.1 Å². The summed E-state index contributed by atoms with van der Waals surface area (Å²) in [5.41, 5.74) is 1.49. The number of nitrogens with one attached hydrogen (secondary N) is 1. The number of aromatic nitrogens is 1. The molecule has 94 valence electrons. The normalized spacial score (nSPS) is 10.3. The molecule has 0 bridgehead atoms. The third-order valence-corrected chi connectivity index (χ3v) is 3.71. The lowest BCUT2D eigenvalue weighted by Gasteiger charge is -2.03. The van der Waals surface area contributed by atoms with E-state index in [0.717, 1.165) is 12.0 Å². The smallest absolute Gasteiger partial charge is 0.270 e. The third kappa shape index (κ3) is 3.54. The number of carbonyl (C=O) groups excluding carboxylic acids is 1. The predicted octanol–water partition coefficient (Wildman–Crippen LogP) is 2.58. The molecule has 0 fully saturated rings. The molecule has 1 aromatic heterocycles. The summed E-state index contributed by atoms with van der Waals surface area (Å²) in [4.78, 5) is 15.7. The number of thiazole rings is 1. The molecule has 2 rings (SSSR count). The number of carbonyl (C=O) groups is 1. The Morgan fingerprint density at radius 2 is 2.11 bits per heavy atom. The van der Waals surface area contributed by atoms with Crippen LogP contribution >= 0.6 is 27.3 Å². The molecule has 0 aliphatic carbocycles. The van der Waals surface area contributed by atoms with Gasteiger partial charge in [0.1, 0.15) is 11.4 Å². The van der Waals surface area contributed by atoms with E-state index in [1.807, 2.05) is 12.1 Å². The van der Waals surface area contributed by atoms with Crippen LogP contribution in [0.15, 0.2) is 33.6 Å². The molecule has 2 N–H and O–H groups in total. The van der Waals surface area contributed by atoms with E-state index >= 15 is 0 Å². The quantitative estimate of drug-likeness (QED) is 0.907. The molecule has 0 aliphatic heterocycles. The molecule has 0 aliphatic rings. The number of halogens is 1. The van der Waals surface area contributed by atoms with Crippen LogP contribution in [0.25, 0.3) is 0 Å². The van der Waals surface area contributed by atoms with Gasteiger partial charge in [0.25, 0.3) is 5.91 Å². The zero-order chi connectivity index (χ0) is 13.0. The highest BCUT2D eigenvalue weighted by Crippen LogP contribution is 2.15. The predicted molar refractivity (Wildman–Crippen MR) is 74.0 cm³/mol. The topological polar surface area (TPSA) is 62.2 Å². The molecule has 1 amide bonds. The van der Waals surface area contributed by atoms with Gasteiger partial charge in [0.15, 0.2) is 3.92 Å². The Morgan fingerprint density at radius 3 is 2.72 bits per heavy atom. The van der Waals surface area contributed by atoms with E-state index in [-0.39, 0.29) is 11.7 Å². The van der Waals surface area contributed by atoms with Gasteiger partial charge in [-0.2, -0.15) is 0 Å². The molecule has 0 atom stereocenters. The van der Waals surface area contributed by atoms with Gasteiger partial charge in [0, 0.05) is 11.9 Å². The maximum Gasteiger partial charge on any atom is 0.270 e. The summed E-state index contributed by atoms with van der Waals surface area (Å²) in [6.07, 6.45) is 0.720. The highest BCUT2D eigenvalue weighted by molar-refractivity contribution is 9.11. The van der Waals surface area contributed by atoms with E-state index in [4.69, 9.17) is 5.11 Å². The minimum Gasteiger partial charge on any atom is -0.508 e. The number of hydrogen-bond donors (Lipinski definition) is 2. The number of amides is 1. The first-order valence-electron chi connectivity index (χ1n) is 5.32. The average Bonchev–Trinajstić information content (AvgIpc) is 2.78. The molecule has 4 nitrogen and oxygen atoms in total. The first-order chi connectivity index (χ1) is 8.65. The van der Waals surface area contributed by atoms with Crippen molar-refractivity contribution in [2.75, 3.05) is 6.54 Å². The van der Waals surface area contributed by atoms with E-state index in [2.05, 4.69) is 26.2 Å². The molecular weight excluding hydrogens is 316 g/mol. The van der Waals surface area contributed by atoms with Crippen molar-refractivity contribution in [3.05, 3.63) is 44.8 Å². The molecular formula is C12H11BrN2O2S. The largest absolute Gasteiger partial charge is 0.508 e. The SMILES string of the molecule is O=C(NCCc1ccc(O)cc1)c1csc(Br)n1. The highest BCUT2D eigenvalue weighted by atomic mass is 79.9. The number of phenols is 1. The van der Waals surface area contributed by atoms with Crippen molar-refractivity contribution >= 4 is 33.2 Å². The van der Waals surface area contributed by atoms with Crippen molar-refractivity contribution in [3.8, 4) is 5.75 Å². The first kappa shape index (κ1) is 13.0. The Hall–Kier alpha value is -1.40. The Labute approximate surface area is 117 Å². The van der Waals surface area contributed by atoms with Gasteiger partial charge in [-0.25, -0.2) is 4.98 Å². The summed E-state index contributed by atoms with van der Waals surface area (Å²) in [6.45, 7) is 0.540. The van der Waals surface area contributed by atoms with Crippen molar-refractivity contribution in [1.82, 2.24) is 10.3 Å². The molecule has 0 unspecified atom stereocenters. The van der Waals surface area contributed by atoms with Gasteiger partial charge in [-0.05, 0) is 40.0 Å². The number of rotatable bonds is 4. The van der Waals surface area contributed by atoms with Crippen LogP contribution < -0.4 is 5.32 Å². The van der Waals surface area contributed by atoms with Gasteiger partial charge in [0.2, 0.25) is 0 Å². The van der Waals surface area contributed by atoms with Crippen LogP contribution in [-0.4, -0.2) is 22.5 Å². The zero-order valence-electron chi connectivity index (χ0n) is 9.39. The molecule has 0 saturated heterocycles. The van der Waals surface area contributed by atoms with Gasteiger partial charge in [0.05, 0.1) is 0 Å². The molecule has 0 radical (unpaired) electrons. The summed E-state index contributed by atoms with van der Waals surface area (Å²) in [5.74, 6) is 0.0748. The fourth-order valence-corrected chi connectivity index (χ4v) is 2.42. The van der Waals surface area contributed by atoms with Gasteiger partial charge in [-0.1, -0.05) is 12.1 Å². The van der Waals surface area contributed by atoms with Crippen LogP contribution in [0, 0.1) is 0 Å². The number of aromatic hydroxyl groups is 1. The summed E-state index contributed by atoms with van der Waals surface area (Å²) in [7, 11) is 0. The summed E-state index contributed by atoms with van der Waals surface area (Å²) < 4.78 is 0.700. The van der Waals surface area contributed by atoms with E-state index in [0.29, 0.717) is 16.2 Å². The summed E-state index contributed by atoms with van der Waals surface area (Å²) >= 11 is 4.60. The maximum atomic E-state index is 11.7. The van der Waals surface area contributed by atoms with E-state index < -0.39 is 0 Å². The second-order valence-electron chi connectivity index (χ2n) is 3.66. The van der Waals surface area contributed by atoms with Gasteiger partial charge < -0.3 is 10.4 Å². The van der Waals surface area contributed by atoms with Crippen LogP contribution in [0.5, 0.6) is 5.75 Å². The van der Waals surface area contributed by atoms with Crippen LogP contribution in [-0.2, 0) is 6.42 Å². The van der Waals surface area contributed by atoms with E-state index in [9.17, 15) is 4.79 Å². The van der Waals surface area contributed by atoms with E-state index in [1.54, 1.807) is 17.5 Å². The van der Waals surface area contributed by atoms with Crippen molar-refractivity contribution in [3.63, 3.8) is 0 Å². The van der Waals surface area contributed by atoms with Gasteiger partial charge in [-0.3, -0.25) is 4.79 Å². The van der Waals surface area contributed by atoms with Crippen LogP contribution in [0.3, 0.4) is 0 Å². The molecule has 18 heavy (non-hydrogen) atoms. The van der Waals surface area contributed by atoms with Gasteiger partial charge >= 0.3 is 0 Å². The second-order valence-corrected chi connectivity index (χ2v) is 5.79. The lowest BCUT2D eigenvalue weighted by Crippen LogP contribution is -2.25. The van der Waals surface area contributed by atoms with Crippen molar-refractivity contribution in [2.45, 2.75) is 6.42 Å². The molecule has 0 spiro atoms. The minimum absolute atomic E-state index is 0.171. The fourth-order valence-electron chi connectivity index (χ4n) is 1.43. The average molecular weight is 327 g/mol. The Kier molecular flexibility index (Phi) is 4.33. The fraction of sp³-hybridized carbons (Fsp3) is 0.167. The summed E-state index contributed by atoms with van der Waals surface area (Å²) in [6, 6.07) is 6.94. The lowest BCUT2D eigenvalue weighted by molar-refractivity contribution is 0.0949. The Balaban J connectivity index is 1.82. The van der Waals surface area contributed by atoms with Gasteiger partial charge in [-0.15, -0.1) is 11.3 Å². The number of nitrogens with zero attached hydrogens (tertiary/aromatic N) is 1. The number of benzene rings is 1. The summed E-state index contributed by atoms with van der Waals surface area (Å²) in [5, 5.41) is 13.6. The monoisotopic (exact) mass is 326 g/mol. The molecule has 6 heteroatoms. The molecule has 1 heterocycles. The Morgan fingerprint density at radius 1 is 1.39 bits per heavy atom. The standard InChI is InChI=1S/C12H11BrN2O2S/c13-12-15-10(7-18-12)11(17)14-6-5-8-1-3-9(16)4-2-8/h1-4,7,16H,5-6H2,(H,14,17). The Bertz CT molecular complexity index is 539. The minimum atomic E-state index is -0.171. The number of phenolic OH excluding ortho intramolecular Hbond substituents is 1. The first-order valence-corrected chi connectivity index (χ1v) is 6.99. The molecule has 1 aromatic carbocycles. The molecule has 0 saturated carbocycles. The third-order valence-electron chi connectivity index (χ3n) is 2.34. The van der Waals surface area contributed by atoms with Crippen LogP contribution in [0.4, 0.5) is 0 Å².